The van der Waals surface area contributed by atoms with Gasteiger partial charge in [-0.25, -0.2) is 0 Å². The van der Waals surface area contributed by atoms with Crippen molar-refractivity contribution in [1.82, 2.24) is 0 Å². The summed E-state index contributed by atoms with van der Waals surface area (Å²) in [5, 5.41) is 0. The highest BCUT2D eigenvalue weighted by Gasteiger charge is 2.20. The fourth-order valence-electron chi connectivity index (χ4n) is 3.24. The standard InChI is InChI=1S/C22H38OSi/c1-4-5-6-7-8-9-10-11-12-13-14-20-15-17-21(18-16-20)22(2,3)19-24-23/h15-18,23H,4-14,19H2,1-3H3. The zero-order valence-electron chi connectivity index (χ0n) is 16.2. The van der Waals surface area contributed by atoms with Crippen LogP contribution in [0.3, 0.4) is 0 Å². The van der Waals surface area contributed by atoms with E-state index in [9.17, 15) is 4.80 Å². The Kier molecular flexibility index (Phi) is 11.4. The fraction of sp³-hybridized carbons (Fsp3) is 0.727. The van der Waals surface area contributed by atoms with Gasteiger partial charge in [0.1, 0.15) is 0 Å². The Hall–Kier alpha value is -0.603. The molecule has 0 spiro atoms. The molecule has 0 aliphatic heterocycles. The first-order valence-electron chi connectivity index (χ1n) is 10.1. The maximum absolute atomic E-state index is 9.20. The molecule has 2 heteroatoms. The van der Waals surface area contributed by atoms with Gasteiger partial charge in [-0.3, -0.25) is 0 Å². The van der Waals surface area contributed by atoms with Crippen molar-refractivity contribution in [3.05, 3.63) is 35.4 Å². The summed E-state index contributed by atoms with van der Waals surface area (Å²) in [6.45, 7) is 6.71. The van der Waals surface area contributed by atoms with Gasteiger partial charge >= 0.3 is 0 Å². The number of rotatable bonds is 14. The second kappa shape index (κ2) is 12.7. The van der Waals surface area contributed by atoms with Gasteiger partial charge in [-0.2, -0.15) is 0 Å². The summed E-state index contributed by atoms with van der Waals surface area (Å²) in [6, 6.07) is 9.93. The van der Waals surface area contributed by atoms with Gasteiger partial charge in [0.2, 0.25) is 9.76 Å². The van der Waals surface area contributed by atoms with E-state index in [1.54, 1.807) is 0 Å². The van der Waals surface area contributed by atoms with Gasteiger partial charge in [-0.1, -0.05) is 103 Å². The van der Waals surface area contributed by atoms with Gasteiger partial charge < -0.3 is 4.80 Å². The van der Waals surface area contributed by atoms with Crippen LogP contribution >= 0.6 is 0 Å². The van der Waals surface area contributed by atoms with Crippen molar-refractivity contribution >= 4 is 9.76 Å². The molecule has 24 heavy (non-hydrogen) atoms. The number of hydrogen-bond acceptors (Lipinski definition) is 1. The molecule has 0 bridgehead atoms. The zero-order valence-corrected chi connectivity index (χ0v) is 17.2. The molecule has 1 aromatic rings. The minimum absolute atomic E-state index is 0.0310. The second-order valence-electron chi connectivity index (χ2n) is 7.85. The lowest BCUT2D eigenvalue weighted by atomic mass is 9.86. The van der Waals surface area contributed by atoms with Crippen LogP contribution in [0.25, 0.3) is 0 Å². The molecule has 136 valence electrons. The van der Waals surface area contributed by atoms with Gasteiger partial charge in [0.05, 0.1) is 0 Å². The van der Waals surface area contributed by atoms with Crippen LogP contribution in [0.4, 0.5) is 0 Å². The average molecular weight is 347 g/mol. The van der Waals surface area contributed by atoms with E-state index >= 15 is 0 Å². The van der Waals surface area contributed by atoms with Gasteiger partial charge in [-0.15, -0.1) is 0 Å². The molecule has 1 nitrogen and oxygen atoms in total. The highest BCUT2D eigenvalue weighted by Crippen LogP contribution is 2.27. The van der Waals surface area contributed by atoms with Crippen LogP contribution in [0, 0.1) is 0 Å². The molecule has 0 aromatic heterocycles. The van der Waals surface area contributed by atoms with Crippen LogP contribution in [0.5, 0.6) is 0 Å². The Bertz CT molecular complexity index is 410. The van der Waals surface area contributed by atoms with Crippen molar-refractivity contribution < 1.29 is 4.80 Å². The van der Waals surface area contributed by atoms with Crippen LogP contribution in [0.1, 0.15) is 96.1 Å². The number of hydrogen-bond donors (Lipinski definition) is 1. The van der Waals surface area contributed by atoms with E-state index in [0.717, 1.165) is 6.04 Å². The Balaban J connectivity index is 2.11. The van der Waals surface area contributed by atoms with E-state index in [0.29, 0.717) is 0 Å². The van der Waals surface area contributed by atoms with Crippen molar-refractivity contribution in [2.45, 2.75) is 103 Å². The second-order valence-corrected chi connectivity index (χ2v) is 8.52. The van der Waals surface area contributed by atoms with Crippen molar-refractivity contribution in [2.75, 3.05) is 0 Å². The predicted octanol–water partition coefficient (Wildman–Crippen LogP) is 6.46. The highest BCUT2D eigenvalue weighted by molar-refractivity contribution is 6.25. The third-order valence-electron chi connectivity index (χ3n) is 5.08. The normalized spacial score (nSPS) is 11.8. The van der Waals surface area contributed by atoms with Gasteiger partial charge in [0.25, 0.3) is 0 Å². The number of benzene rings is 1. The van der Waals surface area contributed by atoms with Crippen LogP contribution in [-0.2, 0) is 11.8 Å². The smallest absolute Gasteiger partial charge is 0.225 e. The monoisotopic (exact) mass is 346 g/mol. The highest BCUT2D eigenvalue weighted by atomic mass is 28.2. The molecule has 0 aliphatic rings. The first kappa shape index (κ1) is 21.4. The Morgan fingerprint density at radius 1 is 0.792 bits per heavy atom. The summed E-state index contributed by atoms with van der Waals surface area (Å²) < 4.78 is 0. The first-order valence-corrected chi connectivity index (χ1v) is 11.2. The van der Waals surface area contributed by atoms with E-state index < -0.39 is 0 Å². The molecule has 0 fully saturated rings. The fourth-order valence-corrected chi connectivity index (χ4v) is 3.84. The Labute approximate surface area is 153 Å². The molecule has 0 unspecified atom stereocenters. The molecule has 0 heterocycles. The summed E-state index contributed by atoms with van der Waals surface area (Å²) in [5.41, 5.74) is 2.89. The van der Waals surface area contributed by atoms with Crippen LogP contribution < -0.4 is 0 Å². The summed E-state index contributed by atoms with van der Waals surface area (Å²) >= 11 is 0. The van der Waals surface area contributed by atoms with Gasteiger partial charge in [0.15, 0.2) is 0 Å². The van der Waals surface area contributed by atoms with Crippen LogP contribution in [0.15, 0.2) is 24.3 Å². The lowest BCUT2D eigenvalue weighted by Crippen LogP contribution is -2.19. The van der Waals surface area contributed by atoms with Crippen molar-refractivity contribution in [3.8, 4) is 0 Å². The predicted molar refractivity (Wildman–Crippen MR) is 108 cm³/mol. The molecular weight excluding hydrogens is 308 g/mol. The van der Waals surface area contributed by atoms with Gasteiger partial charge in [0, 0.05) is 0 Å². The van der Waals surface area contributed by atoms with Crippen molar-refractivity contribution in [3.63, 3.8) is 0 Å². The Morgan fingerprint density at radius 3 is 1.79 bits per heavy atom. The summed E-state index contributed by atoms with van der Waals surface area (Å²) in [5.74, 6) is 0. The van der Waals surface area contributed by atoms with E-state index in [1.165, 1.54) is 81.8 Å². The van der Waals surface area contributed by atoms with E-state index in [2.05, 4.69) is 45.0 Å². The minimum Gasteiger partial charge on any atom is -0.432 e. The molecule has 0 amide bonds. The Morgan fingerprint density at radius 2 is 1.29 bits per heavy atom. The topological polar surface area (TPSA) is 20.2 Å². The summed E-state index contributed by atoms with van der Waals surface area (Å²) in [6.07, 6.45) is 15.2. The van der Waals surface area contributed by atoms with Crippen LogP contribution in [-0.4, -0.2) is 14.6 Å². The lowest BCUT2D eigenvalue weighted by molar-refractivity contribution is 0.532. The first-order chi connectivity index (χ1) is 11.6. The van der Waals surface area contributed by atoms with Gasteiger partial charge in [-0.05, 0) is 35.4 Å². The molecule has 0 saturated heterocycles. The third-order valence-corrected chi connectivity index (χ3v) is 6.12. The summed E-state index contributed by atoms with van der Waals surface area (Å²) in [7, 11) is 0.0310. The molecular formula is C22H38OSi. The zero-order chi connectivity index (χ0) is 17.7. The van der Waals surface area contributed by atoms with E-state index in [1.807, 2.05) is 0 Å². The molecule has 1 aromatic carbocycles. The largest absolute Gasteiger partial charge is 0.432 e. The molecule has 1 rings (SSSR count). The van der Waals surface area contributed by atoms with E-state index in [-0.39, 0.29) is 15.2 Å². The quantitative estimate of drug-likeness (QED) is 0.303. The number of aryl methyl sites for hydroxylation is 1. The number of unbranched alkanes of at least 4 members (excludes halogenated alkanes) is 9. The maximum Gasteiger partial charge on any atom is 0.225 e. The SMILES string of the molecule is CCCCCCCCCCCCc1ccc(C(C)(C)C[Si]O)cc1. The van der Waals surface area contributed by atoms with E-state index in [4.69, 9.17) is 0 Å². The van der Waals surface area contributed by atoms with Crippen molar-refractivity contribution in [1.29, 1.82) is 0 Å². The summed E-state index contributed by atoms with van der Waals surface area (Å²) in [4.78, 5) is 9.20. The average Bonchev–Trinajstić information content (AvgIpc) is 2.57. The molecule has 2 radical (unpaired) electrons. The third kappa shape index (κ3) is 9.03. The van der Waals surface area contributed by atoms with Crippen molar-refractivity contribution in [2.24, 2.45) is 0 Å². The van der Waals surface area contributed by atoms with Crippen LogP contribution in [0.2, 0.25) is 6.04 Å². The lowest BCUT2D eigenvalue weighted by Gasteiger charge is -2.24. The molecule has 0 atom stereocenters. The molecule has 1 N–H and O–H groups in total. The maximum atomic E-state index is 9.20. The minimum atomic E-state index is 0.0310. The molecule has 0 aliphatic carbocycles. The molecule has 0 saturated carbocycles.